The van der Waals surface area contributed by atoms with E-state index in [1.54, 1.807) is 0 Å². The van der Waals surface area contributed by atoms with Gasteiger partial charge in [-0.15, -0.1) is 0 Å². The number of hydrogen-bond donors (Lipinski definition) is 16. The van der Waals surface area contributed by atoms with E-state index in [0.29, 0.717) is 0 Å². The molecule has 0 atom stereocenters. The summed E-state index contributed by atoms with van der Waals surface area (Å²) in [6.45, 7) is 0. The third kappa shape index (κ3) is 32.4. The van der Waals surface area contributed by atoms with Crippen LogP contribution < -0.4 is 0 Å². The van der Waals surface area contributed by atoms with E-state index in [1.807, 2.05) is 0 Å². The quantitative estimate of drug-likeness (QED) is 0.0506. The number of aliphatic carboxylic acids is 12. The van der Waals surface area contributed by atoms with Gasteiger partial charge in [0.2, 0.25) is 0 Å². The van der Waals surface area contributed by atoms with Crippen LogP contribution in [0.3, 0.4) is 0 Å². The molecule has 0 aliphatic heterocycles. The second-order valence-electron chi connectivity index (χ2n) is 9.91. The Bertz CT molecular complexity index is 1130. The van der Waals surface area contributed by atoms with Crippen LogP contribution in [0.1, 0.15) is 51.4 Å². The summed E-state index contributed by atoms with van der Waals surface area (Å²) in [5.41, 5.74) is -11.0. The van der Waals surface area contributed by atoms with E-state index >= 15 is 0 Å². The van der Waals surface area contributed by atoms with Gasteiger partial charge < -0.3 is 81.7 Å². The van der Waals surface area contributed by atoms with E-state index in [2.05, 4.69) is 0 Å². The van der Waals surface area contributed by atoms with Gasteiger partial charge in [0.1, 0.15) is 0 Å². The van der Waals surface area contributed by atoms with Crippen molar-refractivity contribution in [1.82, 2.24) is 0 Å². The number of hydrogen-bond acceptors (Lipinski definition) is 16. The van der Waals surface area contributed by atoms with Gasteiger partial charge in [-0.3, -0.25) is 38.4 Å². The third-order valence-electron chi connectivity index (χ3n) is 5.14. The van der Waals surface area contributed by atoms with Gasteiger partial charge in [-0.1, -0.05) is 0 Å². The Balaban J connectivity index is -0.000000110. The van der Waals surface area contributed by atoms with E-state index in [1.165, 1.54) is 0 Å². The standard InChI is InChI=1S/4C6H8O7.3Na.3H/c4*7-3(8)1-6(13,5(11)12)2-4(9)10;;;;;;/h4*13H,1-2H2,(H,7,8)(H,9,10)(H,11,12);;;;;;. The fraction of sp³-hybridized carbons (Fsp3) is 0.500. The van der Waals surface area contributed by atoms with Crippen LogP contribution in [0.5, 0.6) is 0 Å². The van der Waals surface area contributed by atoms with E-state index < -0.39 is 145 Å². The Morgan fingerprint density at radius 2 is 0.309 bits per heavy atom. The molecule has 0 heterocycles. The van der Waals surface area contributed by atoms with Crippen molar-refractivity contribution in [3.63, 3.8) is 0 Å². The zero-order chi connectivity index (χ0) is 42.6. The number of carboxylic acid groups (broad SMARTS) is 12. The van der Waals surface area contributed by atoms with Gasteiger partial charge in [0.05, 0.1) is 51.4 Å². The molecule has 0 aromatic rings. The summed E-state index contributed by atoms with van der Waals surface area (Å²) in [4.78, 5) is 122. The molecule has 0 spiro atoms. The monoisotopic (exact) mass is 840 g/mol. The SMILES string of the molecule is O=C(O)CC(O)(CC(=O)O)C(=O)O.O=C(O)CC(O)(CC(=O)O)C(=O)O.O=C(O)CC(O)(CC(=O)O)C(=O)O.O=C(O)CC(O)(CC(=O)O)C(=O)O.[NaH].[NaH].[NaH]. The fourth-order valence-corrected chi connectivity index (χ4v) is 2.86. The molecular formula is C24H35Na3O28. The average Bonchev–Trinajstić information content (AvgIpc) is 2.85. The molecule has 0 aliphatic rings. The first-order chi connectivity index (χ1) is 23.1. The molecule has 302 valence electrons. The first kappa shape index (κ1) is 66.3. The molecule has 0 aliphatic carbocycles. The van der Waals surface area contributed by atoms with Gasteiger partial charge in [0.15, 0.2) is 22.4 Å². The zero-order valence-electron chi connectivity index (χ0n) is 25.7. The predicted octanol–water partition coefficient (Wildman–Crippen LogP) is -6.94. The van der Waals surface area contributed by atoms with Crippen LogP contribution in [0.4, 0.5) is 0 Å². The summed E-state index contributed by atoms with van der Waals surface area (Å²) in [7, 11) is 0. The molecule has 31 heteroatoms. The first-order valence-corrected chi connectivity index (χ1v) is 12.7. The molecule has 0 bridgehead atoms. The molecule has 0 aromatic heterocycles. The van der Waals surface area contributed by atoms with E-state index in [-0.39, 0.29) is 88.7 Å². The Morgan fingerprint density at radius 1 is 0.236 bits per heavy atom. The van der Waals surface area contributed by atoms with Crippen molar-refractivity contribution in [3.8, 4) is 0 Å². The summed E-state index contributed by atoms with van der Waals surface area (Å²) in [6, 6.07) is 0. The van der Waals surface area contributed by atoms with E-state index in [0.717, 1.165) is 0 Å². The number of carbonyl (C=O) groups is 12. The van der Waals surface area contributed by atoms with Gasteiger partial charge in [-0.2, -0.15) is 0 Å². The molecule has 0 saturated heterocycles. The van der Waals surface area contributed by atoms with Gasteiger partial charge in [-0.25, -0.2) is 19.2 Å². The predicted molar refractivity (Wildman–Crippen MR) is 170 cm³/mol. The second-order valence-corrected chi connectivity index (χ2v) is 9.91. The van der Waals surface area contributed by atoms with E-state index in [4.69, 9.17) is 81.7 Å². The Morgan fingerprint density at radius 3 is 0.345 bits per heavy atom. The topological polar surface area (TPSA) is 529 Å². The number of aliphatic hydroxyl groups is 4. The molecular weight excluding hydrogens is 805 g/mol. The third-order valence-corrected chi connectivity index (χ3v) is 5.14. The maximum absolute atomic E-state index is 10.3. The minimum atomic E-state index is -2.74. The summed E-state index contributed by atoms with van der Waals surface area (Å²) < 4.78 is 0. The molecule has 16 N–H and O–H groups in total. The molecule has 0 fully saturated rings. The summed E-state index contributed by atoms with van der Waals surface area (Å²) in [5.74, 6) is -20.1. The normalized spacial score (nSPS) is 10.3. The average molecular weight is 840 g/mol. The molecule has 0 unspecified atom stereocenters. The van der Waals surface area contributed by atoms with Gasteiger partial charge >= 0.3 is 160 Å². The molecule has 0 aromatic carbocycles. The van der Waals surface area contributed by atoms with Crippen LogP contribution in [0, 0.1) is 0 Å². The van der Waals surface area contributed by atoms with Gasteiger partial charge in [0, 0.05) is 0 Å². The van der Waals surface area contributed by atoms with Crippen molar-refractivity contribution >= 4 is 160 Å². The van der Waals surface area contributed by atoms with Crippen LogP contribution in [-0.4, -0.2) is 264 Å². The second kappa shape index (κ2) is 29.7. The summed E-state index contributed by atoms with van der Waals surface area (Å²) in [5, 5.41) is 135. The summed E-state index contributed by atoms with van der Waals surface area (Å²) >= 11 is 0. The van der Waals surface area contributed by atoms with Crippen LogP contribution in [0.25, 0.3) is 0 Å². The molecule has 0 amide bonds. The number of rotatable bonds is 20. The first-order valence-electron chi connectivity index (χ1n) is 12.7. The molecule has 0 rings (SSSR count). The van der Waals surface area contributed by atoms with E-state index in [9.17, 15) is 57.5 Å². The van der Waals surface area contributed by atoms with Crippen LogP contribution >= 0.6 is 0 Å². The van der Waals surface area contributed by atoms with Crippen molar-refractivity contribution in [2.45, 2.75) is 73.8 Å². The van der Waals surface area contributed by atoms with Gasteiger partial charge in [-0.05, 0) is 0 Å². The van der Waals surface area contributed by atoms with Crippen LogP contribution in [0.15, 0.2) is 0 Å². The molecule has 0 radical (unpaired) electrons. The van der Waals surface area contributed by atoms with Crippen molar-refractivity contribution in [3.05, 3.63) is 0 Å². The van der Waals surface area contributed by atoms with Crippen molar-refractivity contribution < 1.29 is 139 Å². The fourth-order valence-electron chi connectivity index (χ4n) is 2.86. The van der Waals surface area contributed by atoms with Crippen LogP contribution in [0.2, 0.25) is 0 Å². The van der Waals surface area contributed by atoms with Crippen molar-refractivity contribution in [2.24, 2.45) is 0 Å². The minimum absolute atomic E-state index is 0. The Labute approximate surface area is 370 Å². The zero-order valence-corrected chi connectivity index (χ0v) is 25.7. The molecule has 0 saturated carbocycles. The van der Waals surface area contributed by atoms with Gasteiger partial charge in [0.25, 0.3) is 0 Å². The molecule has 55 heavy (non-hydrogen) atoms. The maximum atomic E-state index is 10.3. The Hall–Kier alpha value is -3.52. The number of carboxylic acids is 12. The van der Waals surface area contributed by atoms with Crippen molar-refractivity contribution in [2.75, 3.05) is 0 Å². The Kier molecular flexibility index (Phi) is 35.8. The van der Waals surface area contributed by atoms with Crippen LogP contribution in [-0.2, 0) is 57.5 Å². The molecule has 28 nitrogen and oxygen atoms in total. The van der Waals surface area contributed by atoms with Crippen molar-refractivity contribution in [1.29, 1.82) is 0 Å². The summed E-state index contributed by atoms with van der Waals surface area (Å²) in [6.07, 6.45) is -9.15.